The molecule has 0 radical (unpaired) electrons. The van der Waals surface area contributed by atoms with Crippen LogP contribution in [0.2, 0.25) is 0 Å². The van der Waals surface area contributed by atoms with E-state index < -0.39 is 0 Å². The second-order valence-corrected chi connectivity index (χ2v) is 10.3. The number of hydrogen-bond acceptors (Lipinski definition) is 2. The SMILES string of the molecule is c1ccc(-c2cccc3cnc(-c4ccc(-c5ccc(-n6c7ccccc7c7ccccc76)cc5)cc4)nc23)cc1. The smallest absolute Gasteiger partial charge is 0.159 e. The van der Waals surface area contributed by atoms with Gasteiger partial charge in [0.1, 0.15) is 0 Å². The van der Waals surface area contributed by atoms with Crippen molar-refractivity contribution >= 4 is 32.7 Å². The van der Waals surface area contributed by atoms with E-state index in [0.717, 1.165) is 44.7 Å². The van der Waals surface area contributed by atoms with E-state index >= 15 is 0 Å². The van der Waals surface area contributed by atoms with Crippen LogP contribution in [0, 0.1) is 0 Å². The Balaban J connectivity index is 1.13. The number of hydrogen-bond donors (Lipinski definition) is 0. The molecular weight excluding hydrogens is 498 g/mol. The lowest BCUT2D eigenvalue weighted by molar-refractivity contribution is 1.18. The zero-order chi connectivity index (χ0) is 27.2. The van der Waals surface area contributed by atoms with Crippen molar-refractivity contribution in [3.63, 3.8) is 0 Å². The molecule has 0 bridgehead atoms. The molecule has 0 atom stereocenters. The van der Waals surface area contributed by atoms with E-state index in [-0.39, 0.29) is 0 Å². The molecule has 0 saturated heterocycles. The molecule has 8 rings (SSSR count). The number of aromatic nitrogens is 3. The van der Waals surface area contributed by atoms with Crippen LogP contribution in [0.3, 0.4) is 0 Å². The Morgan fingerprint density at radius 2 is 1.02 bits per heavy atom. The van der Waals surface area contributed by atoms with E-state index in [9.17, 15) is 0 Å². The van der Waals surface area contributed by atoms with Crippen molar-refractivity contribution in [3.8, 4) is 39.3 Å². The topological polar surface area (TPSA) is 30.7 Å². The van der Waals surface area contributed by atoms with E-state index in [2.05, 4.69) is 144 Å². The van der Waals surface area contributed by atoms with E-state index in [0.29, 0.717) is 0 Å². The second kappa shape index (κ2) is 9.58. The molecule has 41 heavy (non-hydrogen) atoms. The Hall–Kier alpha value is -5.54. The molecule has 192 valence electrons. The maximum Gasteiger partial charge on any atom is 0.159 e. The number of nitrogens with zero attached hydrogens (tertiary/aromatic N) is 3. The van der Waals surface area contributed by atoms with Gasteiger partial charge in [-0.1, -0.05) is 121 Å². The first-order chi connectivity index (χ1) is 20.3. The minimum Gasteiger partial charge on any atom is -0.309 e. The molecule has 3 heteroatoms. The Morgan fingerprint density at radius 1 is 0.439 bits per heavy atom. The summed E-state index contributed by atoms with van der Waals surface area (Å²) in [5.74, 6) is 0.731. The maximum absolute atomic E-state index is 5.00. The normalized spacial score (nSPS) is 11.4. The summed E-state index contributed by atoms with van der Waals surface area (Å²) in [7, 11) is 0. The van der Waals surface area contributed by atoms with Gasteiger partial charge in [0.05, 0.1) is 16.6 Å². The van der Waals surface area contributed by atoms with Crippen LogP contribution >= 0.6 is 0 Å². The summed E-state index contributed by atoms with van der Waals surface area (Å²) >= 11 is 0. The van der Waals surface area contributed by atoms with Crippen LogP contribution in [-0.2, 0) is 0 Å². The first-order valence-corrected chi connectivity index (χ1v) is 13.8. The van der Waals surface area contributed by atoms with Crippen molar-refractivity contribution in [2.45, 2.75) is 0 Å². The highest BCUT2D eigenvalue weighted by Crippen LogP contribution is 2.33. The predicted octanol–water partition coefficient (Wildman–Crippen LogP) is 9.73. The third-order valence-electron chi connectivity index (χ3n) is 7.88. The van der Waals surface area contributed by atoms with Crippen molar-refractivity contribution in [3.05, 3.63) is 152 Å². The van der Waals surface area contributed by atoms with Gasteiger partial charge in [0.25, 0.3) is 0 Å². The van der Waals surface area contributed by atoms with Gasteiger partial charge in [-0.05, 0) is 41.0 Å². The summed E-state index contributed by atoms with van der Waals surface area (Å²) in [6.45, 7) is 0. The van der Waals surface area contributed by atoms with Crippen LogP contribution in [0.15, 0.2) is 152 Å². The van der Waals surface area contributed by atoms with Gasteiger partial charge in [0.15, 0.2) is 5.82 Å². The highest BCUT2D eigenvalue weighted by molar-refractivity contribution is 6.09. The number of fused-ring (bicyclic) bond motifs is 4. The highest BCUT2D eigenvalue weighted by atomic mass is 15.0. The molecule has 8 aromatic rings. The van der Waals surface area contributed by atoms with Gasteiger partial charge in [-0.2, -0.15) is 0 Å². The molecule has 6 aromatic carbocycles. The van der Waals surface area contributed by atoms with Crippen LogP contribution in [0.1, 0.15) is 0 Å². The minimum absolute atomic E-state index is 0.731. The Bertz CT molecular complexity index is 2120. The summed E-state index contributed by atoms with van der Waals surface area (Å²) in [5, 5.41) is 3.58. The van der Waals surface area contributed by atoms with Crippen LogP contribution in [0.4, 0.5) is 0 Å². The predicted molar refractivity (Wildman–Crippen MR) is 170 cm³/mol. The molecule has 0 aliphatic carbocycles. The van der Waals surface area contributed by atoms with Gasteiger partial charge in [0, 0.05) is 39.2 Å². The van der Waals surface area contributed by atoms with Crippen molar-refractivity contribution in [1.29, 1.82) is 0 Å². The summed E-state index contributed by atoms with van der Waals surface area (Å²) in [6.07, 6.45) is 1.92. The Morgan fingerprint density at radius 3 is 1.71 bits per heavy atom. The molecule has 0 aliphatic rings. The lowest BCUT2D eigenvalue weighted by Crippen LogP contribution is -1.94. The fraction of sp³-hybridized carbons (Fsp3) is 0. The van der Waals surface area contributed by atoms with Crippen molar-refractivity contribution in [2.24, 2.45) is 0 Å². The van der Waals surface area contributed by atoms with Gasteiger partial charge in [-0.3, -0.25) is 0 Å². The average molecular weight is 524 g/mol. The molecule has 0 spiro atoms. The van der Waals surface area contributed by atoms with E-state index in [4.69, 9.17) is 9.97 Å². The van der Waals surface area contributed by atoms with E-state index in [1.54, 1.807) is 0 Å². The minimum atomic E-state index is 0.731. The zero-order valence-electron chi connectivity index (χ0n) is 22.3. The number of para-hydroxylation sites is 3. The molecule has 0 aliphatic heterocycles. The summed E-state index contributed by atoms with van der Waals surface area (Å²) in [5.41, 5.74) is 10.2. The fourth-order valence-electron chi connectivity index (χ4n) is 5.86. The quantitative estimate of drug-likeness (QED) is 0.230. The Labute approximate surface area is 238 Å². The lowest BCUT2D eigenvalue weighted by Gasteiger charge is -2.10. The average Bonchev–Trinajstić information content (AvgIpc) is 3.39. The van der Waals surface area contributed by atoms with Crippen molar-refractivity contribution < 1.29 is 0 Å². The standard InChI is InChI=1S/C38H25N3/c1-2-9-28(10-3-1)32-14-8-11-30-25-39-38(40-37(30)32)29-19-17-26(18-20-29)27-21-23-31(24-22-27)41-35-15-6-4-12-33(35)34-13-5-7-16-36(34)41/h1-25H. The summed E-state index contributed by atoms with van der Waals surface area (Å²) < 4.78 is 2.35. The first-order valence-electron chi connectivity index (χ1n) is 13.8. The fourth-order valence-corrected chi connectivity index (χ4v) is 5.86. The third-order valence-corrected chi connectivity index (χ3v) is 7.88. The molecular formula is C38H25N3. The molecule has 0 amide bonds. The molecule has 3 nitrogen and oxygen atoms in total. The molecule has 2 aromatic heterocycles. The van der Waals surface area contributed by atoms with Gasteiger partial charge in [-0.15, -0.1) is 0 Å². The zero-order valence-corrected chi connectivity index (χ0v) is 22.3. The van der Waals surface area contributed by atoms with Gasteiger partial charge in [-0.25, -0.2) is 9.97 Å². The van der Waals surface area contributed by atoms with Gasteiger partial charge in [0.2, 0.25) is 0 Å². The monoisotopic (exact) mass is 523 g/mol. The van der Waals surface area contributed by atoms with Gasteiger partial charge < -0.3 is 4.57 Å². The summed E-state index contributed by atoms with van der Waals surface area (Å²) in [4.78, 5) is 9.69. The number of rotatable bonds is 4. The van der Waals surface area contributed by atoms with Crippen LogP contribution in [0.25, 0.3) is 72.0 Å². The largest absolute Gasteiger partial charge is 0.309 e. The maximum atomic E-state index is 5.00. The van der Waals surface area contributed by atoms with Crippen LogP contribution in [-0.4, -0.2) is 14.5 Å². The first kappa shape index (κ1) is 23.4. The Kier molecular flexibility index (Phi) is 5.46. The number of benzene rings is 6. The highest BCUT2D eigenvalue weighted by Gasteiger charge is 2.12. The van der Waals surface area contributed by atoms with Crippen LogP contribution in [0.5, 0.6) is 0 Å². The molecule has 2 heterocycles. The van der Waals surface area contributed by atoms with Crippen LogP contribution < -0.4 is 0 Å². The van der Waals surface area contributed by atoms with Crippen molar-refractivity contribution in [2.75, 3.05) is 0 Å². The van der Waals surface area contributed by atoms with Gasteiger partial charge >= 0.3 is 0 Å². The second-order valence-electron chi connectivity index (χ2n) is 10.3. The molecule has 0 unspecified atom stereocenters. The lowest BCUT2D eigenvalue weighted by atomic mass is 10.0. The van der Waals surface area contributed by atoms with E-state index in [1.165, 1.54) is 27.4 Å². The third kappa shape index (κ3) is 3.98. The molecule has 0 N–H and O–H groups in total. The molecule has 0 saturated carbocycles. The molecule has 0 fully saturated rings. The summed E-state index contributed by atoms with van der Waals surface area (Å²) in [6, 6.07) is 51.2. The van der Waals surface area contributed by atoms with E-state index in [1.807, 2.05) is 12.3 Å². The van der Waals surface area contributed by atoms with Crippen molar-refractivity contribution in [1.82, 2.24) is 14.5 Å².